The van der Waals surface area contributed by atoms with Crippen LogP contribution in [0.2, 0.25) is 0 Å². The van der Waals surface area contributed by atoms with E-state index in [0.717, 1.165) is 52.4 Å². The van der Waals surface area contributed by atoms with Crippen LogP contribution in [0.25, 0.3) is 31.7 Å². The lowest BCUT2D eigenvalue weighted by Crippen LogP contribution is -2.06. The number of fused-ring (bicyclic) bond motifs is 5. The van der Waals surface area contributed by atoms with Crippen LogP contribution in [0.15, 0.2) is 36.7 Å². The topological polar surface area (TPSA) is 50.7 Å². The summed E-state index contributed by atoms with van der Waals surface area (Å²) in [5, 5.41) is 4.78. The molecular formula is C23H24N4S. The number of hydrogen-bond acceptors (Lipinski definition) is 5. The van der Waals surface area contributed by atoms with E-state index in [9.17, 15) is 0 Å². The molecule has 142 valence electrons. The quantitative estimate of drug-likeness (QED) is 0.466. The van der Waals surface area contributed by atoms with Crippen LogP contribution < -0.4 is 5.32 Å². The minimum absolute atomic E-state index is 0.672. The summed E-state index contributed by atoms with van der Waals surface area (Å²) in [6.07, 6.45) is 6.23. The van der Waals surface area contributed by atoms with Crippen LogP contribution in [-0.2, 0) is 12.8 Å². The van der Waals surface area contributed by atoms with Crippen molar-refractivity contribution >= 4 is 37.6 Å². The number of pyridine rings is 1. The zero-order valence-corrected chi connectivity index (χ0v) is 17.1. The predicted molar refractivity (Wildman–Crippen MR) is 118 cm³/mol. The number of thiophene rings is 1. The second-order valence-electron chi connectivity index (χ2n) is 7.93. The van der Waals surface area contributed by atoms with Gasteiger partial charge in [0.2, 0.25) is 0 Å². The van der Waals surface area contributed by atoms with Gasteiger partial charge in [0.05, 0.1) is 15.9 Å². The van der Waals surface area contributed by atoms with Crippen molar-refractivity contribution in [2.24, 2.45) is 5.92 Å². The highest BCUT2D eigenvalue weighted by Crippen LogP contribution is 2.43. The fourth-order valence-electron chi connectivity index (χ4n) is 4.14. The fourth-order valence-corrected chi connectivity index (χ4v) is 5.26. The first-order valence-electron chi connectivity index (χ1n) is 10.1. The smallest absolute Gasteiger partial charge is 0.147 e. The van der Waals surface area contributed by atoms with E-state index in [1.165, 1.54) is 28.5 Å². The van der Waals surface area contributed by atoms with E-state index in [0.29, 0.717) is 5.92 Å². The number of rotatable bonds is 5. The Morgan fingerprint density at radius 3 is 2.71 bits per heavy atom. The van der Waals surface area contributed by atoms with Gasteiger partial charge in [-0.3, -0.25) is 0 Å². The van der Waals surface area contributed by atoms with Gasteiger partial charge in [-0.05, 0) is 42.7 Å². The molecule has 1 aliphatic rings. The molecule has 0 spiro atoms. The van der Waals surface area contributed by atoms with E-state index >= 15 is 0 Å². The van der Waals surface area contributed by atoms with Gasteiger partial charge in [0.15, 0.2) is 0 Å². The van der Waals surface area contributed by atoms with Gasteiger partial charge in [0.1, 0.15) is 17.0 Å². The second-order valence-corrected chi connectivity index (χ2v) is 8.93. The van der Waals surface area contributed by atoms with Gasteiger partial charge in [0, 0.05) is 17.5 Å². The summed E-state index contributed by atoms with van der Waals surface area (Å²) >= 11 is 1.72. The molecule has 0 amide bonds. The molecule has 0 saturated heterocycles. The van der Waals surface area contributed by atoms with Gasteiger partial charge < -0.3 is 5.32 Å². The van der Waals surface area contributed by atoms with Crippen LogP contribution in [0.5, 0.6) is 0 Å². The van der Waals surface area contributed by atoms with Gasteiger partial charge in [-0.15, -0.1) is 11.3 Å². The summed E-state index contributed by atoms with van der Waals surface area (Å²) in [6.45, 7) is 5.42. The lowest BCUT2D eigenvalue weighted by atomic mass is 10.0. The molecule has 0 aliphatic heterocycles. The Labute approximate surface area is 169 Å². The SMILES string of the molecule is CC(C)CCNc1ncnc2c1sc1nc(-c3ccccc3)c3c(c12)CCC3. The Bertz CT molecular complexity index is 1150. The fraction of sp³-hybridized carbons (Fsp3) is 0.348. The van der Waals surface area contributed by atoms with Crippen molar-refractivity contribution in [3.63, 3.8) is 0 Å². The first-order valence-corrected chi connectivity index (χ1v) is 10.9. The minimum atomic E-state index is 0.672. The summed E-state index contributed by atoms with van der Waals surface area (Å²) < 4.78 is 1.13. The molecule has 4 nitrogen and oxygen atoms in total. The monoisotopic (exact) mass is 388 g/mol. The Hall–Kier alpha value is -2.53. The van der Waals surface area contributed by atoms with E-state index in [4.69, 9.17) is 4.98 Å². The third kappa shape index (κ3) is 2.94. The zero-order valence-electron chi connectivity index (χ0n) is 16.3. The second kappa shape index (κ2) is 7.13. The molecule has 1 aromatic carbocycles. The normalized spacial score (nSPS) is 13.5. The number of nitrogens with one attached hydrogen (secondary N) is 1. The molecule has 0 atom stereocenters. The van der Waals surface area contributed by atoms with Gasteiger partial charge in [0.25, 0.3) is 0 Å². The number of aromatic nitrogens is 3. The van der Waals surface area contributed by atoms with Gasteiger partial charge in [-0.25, -0.2) is 15.0 Å². The van der Waals surface area contributed by atoms with Crippen LogP contribution in [-0.4, -0.2) is 21.5 Å². The van der Waals surface area contributed by atoms with Crippen LogP contribution in [0.3, 0.4) is 0 Å². The molecule has 0 radical (unpaired) electrons. The van der Waals surface area contributed by atoms with Crippen LogP contribution in [0.4, 0.5) is 5.82 Å². The first-order chi connectivity index (χ1) is 13.7. The summed E-state index contributed by atoms with van der Waals surface area (Å²) in [4.78, 5) is 15.4. The van der Waals surface area contributed by atoms with E-state index in [1.807, 2.05) is 0 Å². The Kier molecular flexibility index (Phi) is 4.47. The third-order valence-corrected chi connectivity index (χ3v) is 6.61. The first kappa shape index (κ1) is 17.6. The number of anilines is 1. The van der Waals surface area contributed by atoms with E-state index in [2.05, 4.69) is 59.5 Å². The molecule has 0 bridgehead atoms. The molecule has 28 heavy (non-hydrogen) atoms. The van der Waals surface area contributed by atoms with Crippen molar-refractivity contribution in [2.75, 3.05) is 11.9 Å². The number of aryl methyl sites for hydroxylation is 1. The predicted octanol–water partition coefficient (Wildman–Crippen LogP) is 5.85. The molecule has 0 saturated carbocycles. The lowest BCUT2D eigenvalue weighted by molar-refractivity contribution is 0.607. The molecule has 3 aromatic heterocycles. The van der Waals surface area contributed by atoms with Gasteiger partial charge in [-0.1, -0.05) is 44.2 Å². The average Bonchev–Trinajstić information content (AvgIpc) is 3.32. The standard InChI is InChI=1S/C23H24N4S/c1-14(2)11-12-24-22-21-20(25-13-26-22)18-16-9-6-10-17(16)19(27-23(18)28-21)15-7-4-3-5-8-15/h3-5,7-8,13-14H,6,9-12H2,1-2H3,(H,24,25,26). The van der Waals surface area contributed by atoms with Crippen molar-refractivity contribution in [3.8, 4) is 11.3 Å². The maximum Gasteiger partial charge on any atom is 0.147 e. The van der Waals surface area contributed by atoms with Crippen molar-refractivity contribution in [1.29, 1.82) is 0 Å². The van der Waals surface area contributed by atoms with E-state index in [-0.39, 0.29) is 0 Å². The Morgan fingerprint density at radius 1 is 1.07 bits per heavy atom. The average molecular weight is 389 g/mol. The van der Waals surface area contributed by atoms with Crippen molar-refractivity contribution < 1.29 is 0 Å². The van der Waals surface area contributed by atoms with E-state index in [1.54, 1.807) is 17.7 Å². The maximum atomic E-state index is 5.13. The van der Waals surface area contributed by atoms with Gasteiger partial charge in [-0.2, -0.15) is 0 Å². The van der Waals surface area contributed by atoms with Crippen LogP contribution >= 0.6 is 11.3 Å². The van der Waals surface area contributed by atoms with Gasteiger partial charge >= 0.3 is 0 Å². The summed E-state index contributed by atoms with van der Waals surface area (Å²) in [6, 6.07) is 10.6. The minimum Gasteiger partial charge on any atom is -0.369 e. The highest BCUT2D eigenvalue weighted by atomic mass is 32.1. The third-order valence-electron chi connectivity index (χ3n) is 5.53. The highest BCUT2D eigenvalue weighted by molar-refractivity contribution is 7.26. The highest BCUT2D eigenvalue weighted by Gasteiger charge is 2.24. The van der Waals surface area contributed by atoms with Crippen LogP contribution in [0, 0.1) is 5.92 Å². The molecule has 1 N–H and O–H groups in total. The van der Waals surface area contributed by atoms with Crippen molar-refractivity contribution in [1.82, 2.24) is 15.0 Å². The lowest BCUT2D eigenvalue weighted by Gasteiger charge is -2.09. The summed E-state index contributed by atoms with van der Waals surface area (Å²) in [7, 11) is 0. The number of nitrogens with zero attached hydrogens (tertiary/aromatic N) is 3. The van der Waals surface area contributed by atoms with E-state index < -0.39 is 0 Å². The molecule has 0 unspecified atom stereocenters. The summed E-state index contributed by atoms with van der Waals surface area (Å²) in [5.41, 5.74) is 6.27. The number of hydrogen-bond donors (Lipinski definition) is 1. The Balaban J connectivity index is 1.69. The van der Waals surface area contributed by atoms with Crippen LogP contribution in [0.1, 0.15) is 37.8 Å². The molecule has 4 aromatic rings. The largest absolute Gasteiger partial charge is 0.369 e. The summed E-state index contributed by atoms with van der Waals surface area (Å²) in [5.74, 6) is 1.62. The van der Waals surface area contributed by atoms with Crippen molar-refractivity contribution in [3.05, 3.63) is 47.8 Å². The molecular weight excluding hydrogens is 364 g/mol. The molecule has 5 heteroatoms. The molecule has 5 rings (SSSR count). The zero-order chi connectivity index (χ0) is 19.1. The molecule has 3 heterocycles. The molecule has 1 aliphatic carbocycles. The Morgan fingerprint density at radius 2 is 1.89 bits per heavy atom. The maximum absolute atomic E-state index is 5.13. The van der Waals surface area contributed by atoms with Crippen molar-refractivity contribution in [2.45, 2.75) is 39.5 Å². The number of benzene rings is 1. The molecule has 0 fully saturated rings.